The van der Waals surface area contributed by atoms with E-state index in [2.05, 4.69) is 22.9 Å². The maximum atomic E-state index is 12.2. The number of carbonyl (C=O) groups is 2. The molecule has 30 heavy (non-hydrogen) atoms. The van der Waals surface area contributed by atoms with Crippen LogP contribution in [-0.4, -0.2) is 25.0 Å². The summed E-state index contributed by atoms with van der Waals surface area (Å²) < 4.78 is 5.76. The van der Waals surface area contributed by atoms with Crippen LogP contribution < -0.4 is 20.7 Å². The minimum absolute atomic E-state index is 0.0257. The van der Waals surface area contributed by atoms with Crippen molar-refractivity contribution < 1.29 is 14.3 Å². The fraction of sp³-hybridized carbons (Fsp3) is 0.417. The van der Waals surface area contributed by atoms with Crippen molar-refractivity contribution in [3.8, 4) is 5.75 Å². The number of benzene rings is 2. The first-order valence-electron chi connectivity index (χ1n) is 10.7. The number of unbranched alkanes of at least 4 members (excludes halogenated alkanes) is 3. The Labute approximate surface area is 179 Å². The molecule has 6 heteroatoms. The van der Waals surface area contributed by atoms with Gasteiger partial charge in [-0.3, -0.25) is 9.59 Å². The molecular weight excluding hydrogens is 378 g/mol. The predicted octanol–water partition coefficient (Wildman–Crippen LogP) is 5.29. The summed E-state index contributed by atoms with van der Waals surface area (Å²) in [6.07, 6.45) is 4.63. The summed E-state index contributed by atoms with van der Waals surface area (Å²) in [6.45, 7) is 6.70. The Kier molecular flexibility index (Phi) is 9.71. The van der Waals surface area contributed by atoms with Gasteiger partial charge < -0.3 is 20.7 Å². The van der Waals surface area contributed by atoms with Gasteiger partial charge in [-0.05, 0) is 42.8 Å². The molecule has 0 saturated heterocycles. The van der Waals surface area contributed by atoms with Gasteiger partial charge in [0.25, 0.3) is 0 Å². The average molecular weight is 412 g/mol. The standard InChI is InChI=1S/C24H33N3O3/c1-4-5-6-7-15-30-22-10-8-9-21(16-22)26-23(28)17-25-19-11-13-20(14-12-19)27-24(29)18(2)3/h8-14,16,18,25H,4-7,15,17H2,1-3H3,(H,26,28)(H,27,29). The monoisotopic (exact) mass is 411 g/mol. The number of carbonyl (C=O) groups excluding carboxylic acids is 2. The molecule has 0 unspecified atom stereocenters. The van der Waals surface area contributed by atoms with E-state index in [0.29, 0.717) is 12.3 Å². The van der Waals surface area contributed by atoms with Gasteiger partial charge in [-0.1, -0.05) is 46.1 Å². The van der Waals surface area contributed by atoms with Crippen LogP contribution in [0, 0.1) is 5.92 Å². The summed E-state index contributed by atoms with van der Waals surface area (Å²) in [5.41, 5.74) is 2.24. The van der Waals surface area contributed by atoms with Crippen LogP contribution >= 0.6 is 0 Å². The van der Waals surface area contributed by atoms with Gasteiger partial charge in [0, 0.05) is 29.0 Å². The minimum atomic E-state index is -0.146. The average Bonchev–Trinajstić information content (AvgIpc) is 2.73. The Morgan fingerprint density at radius 1 is 0.900 bits per heavy atom. The summed E-state index contributed by atoms with van der Waals surface area (Å²) >= 11 is 0. The highest BCUT2D eigenvalue weighted by molar-refractivity contribution is 5.94. The van der Waals surface area contributed by atoms with E-state index in [-0.39, 0.29) is 24.3 Å². The maximum absolute atomic E-state index is 12.2. The Hall–Kier alpha value is -3.02. The van der Waals surface area contributed by atoms with Gasteiger partial charge >= 0.3 is 0 Å². The number of anilines is 3. The zero-order chi connectivity index (χ0) is 21.8. The highest BCUT2D eigenvalue weighted by Gasteiger charge is 2.07. The van der Waals surface area contributed by atoms with Crippen LogP contribution in [0.15, 0.2) is 48.5 Å². The molecule has 2 aromatic rings. The van der Waals surface area contributed by atoms with Crippen LogP contribution in [0.2, 0.25) is 0 Å². The first-order valence-corrected chi connectivity index (χ1v) is 10.7. The van der Waals surface area contributed by atoms with Gasteiger partial charge in [-0.15, -0.1) is 0 Å². The number of ether oxygens (including phenoxy) is 1. The summed E-state index contributed by atoms with van der Waals surface area (Å²) in [6, 6.07) is 14.7. The lowest BCUT2D eigenvalue weighted by atomic mass is 10.2. The quantitative estimate of drug-likeness (QED) is 0.415. The van der Waals surface area contributed by atoms with Gasteiger partial charge in [0.05, 0.1) is 13.2 Å². The molecule has 0 aliphatic rings. The van der Waals surface area contributed by atoms with Crippen molar-refractivity contribution in [1.29, 1.82) is 0 Å². The Morgan fingerprint density at radius 2 is 1.63 bits per heavy atom. The highest BCUT2D eigenvalue weighted by Crippen LogP contribution is 2.18. The van der Waals surface area contributed by atoms with E-state index >= 15 is 0 Å². The second kappa shape index (κ2) is 12.5. The largest absolute Gasteiger partial charge is 0.494 e. The summed E-state index contributed by atoms with van der Waals surface area (Å²) in [7, 11) is 0. The third-order valence-corrected chi connectivity index (χ3v) is 4.51. The van der Waals surface area contributed by atoms with Crippen molar-refractivity contribution in [2.24, 2.45) is 5.92 Å². The summed E-state index contributed by atoms with van der Waals surface area (Å²) in [4.78, 5) is 24.0. The second-order valence-corrected chi connectivity index (χ2v) is 7.56. The van der Waals surface area contributed by atoms with Crippen LogP contribution in [0.25, 0.3) is 0 Å². The van der Waals surface area contributed by atoms with Crippen molar-refractivity contribution in [3.63, 3.8) is 0 Å². The van der Waals surface area contributed by atoms with Crippen LogP contribution in [-0.2, 0) is 9.59 Å². The lowest BCUT2D eigenvalue weighted by molar-refractivity contribution is -0.119. The van der Waals surface area contributed by atoms with Crippen molar-refractivity contribution in [2.45, 2.75) is 46.5 Å². The van der Waals surface area contributed by atoms with Gasteiger partial charge in [0.1, 0.15) is 5.75 Å². The van der Waals surface area contributed by atoms with Crippen LogP contribution in [0.5, 0.6) is 5.75 Å². The fourth-order valence-corrected chi connectivity index (χ4v) is 2.73. The SMILES string of the molecule is CCCCCCOc1cccc(NC(=O)CNc2ccc(NC(=O)C(C)C)cc2)c1. The van der Waals surface area contributed by atoms with E-state index in [1.54, 1.807) is 0 Å². The topological polar surface area (TPSA) is 79.5 Å². The lowest BCUT2D eigenvalue weighted by Gasteiger charge is -2.11. The van der Waals surface area contributed by atoms with Gasteiger partial charge in [0.15, 0.2) is 0 Å². The summed E-state index contributed by atoms with van der Waals surface area (Å²) in [5, 5.41) is 8.79. The van der Waals surface area contributed by atoms with E-state index < -0.39 is 0 Å². The van der Waals surface area contributed by atoms with E-state index in [1.807, 2.05) is 62.4 Å². The van der Waals surface area contributed by atoms with Crippen LogP contribution in [0.4, 0.5) is 17.1 Å². The molecule has 0 bridgehead atoms. The first-order chi connectivity index (χ1) is 14.5. The molecule has 2 aromatic carbocycles. The Morgan fingerprint density at radius 3 is 2.33 bits per heavy atom. The molecule has 3 N–H and O–H groups in total. The molecule has 2 rings (SSSR count). The molecule has 0 saturated carbocycles. The number of hydrogen-bond donors (Lipinski definition) is 3. The molecule has 2 amide bonds. The van der Waals surface area contributed by atoms with Gasteiger partial charge in [-0.2, -0.15) is 0 Å². The van der Waals surface area contributed by atoms with Gasteiger partial charge in [-0.25, -0.2) is 0 Å². The minimum Gasteiger partial charge on any atom is -0.494 e. The molecule has 0 aliphatic heterocycles. The lowest BCUT2D eigenvalue weighted by Crippen LogP contribution is -2.21. The number of nitrogens with one attached hydrogen (secondary N) is 3. The molecule has 0 heterocycles. The molecule has 0 spiro atoms. The Balaban J connectivity index is 1.76. The zero-order valence-electron chi connectivity index (χ0n) is 18.2. The number of rotatable bonds is 12. The van der Waals surface area contributed by atoms with Crippen LogP contribution in [0.1, 0.15) is 46.5 Å². The second-order valence-electron chi connectivity index (χ2n) is 7.56. The van der Waals surface area contributed by atoms with E-state index in [9.17, 15) is 9.59 Å². The molecule has 6 nitrogen and oxygen atoms in total. The first kappa shape index (κ1) is 23.3. The van der Waals surface area contributed by atoms with Crippen molar-refractivity contribution in [3.05, 3.63) is 48.5 Å². The number of amides is 2. The van der Waals surface area contributed by atoms with Crippen LogP contribution in [0.3, 0.4) is 0 Å². The predicted molar refractivity (Wildman–Crippen MR) is 123 cm³/mol. The number of hydrogen-bond acceptors (Lipinski definition) is 4. The molecule has 0 atom stereocenters. The van der Waals surface area contributed by atoms with E-state index in [4.69, 9.17) is 4.74 Å². The molecule has 162 valence electrons. The maximum Gasteiger partial charge on any atom is 0.243 e. The van der Waals surface area contributed by atoms with E-state index in [0.717, 1.165) is 23.5 Å². The Bertz CT molecular complexity index is 804. The molecular formula is C24H33N3O3. The van der Waals surface area contributed by atoms with Crippen molar-refractivity contribution in [1.82, 2.24) is 0 Å². The van der Waals surface area contributed by atoms with E-state index in [1.165, 1.54) is 19.3 Å². The molecule has 0 aromatic heterocycles. The molecule has 0 aliphatic carbocycles. The fourth-order valence-electron chi connectivity index (χ4n) is 2.73. The van der Waals surface area contributed by atoms with Crippen molar-refractivity contribution >= 4 is 28.9 Å². The normalized spacial score (nSPS) is 10.5. The third kappa shape index (κ3) is 8.55. The zero-order valence-corrected chi connectivity index (χ0v) is 18.2. The highest BCUT2D eigenvalue weighted by atomic mass is 16.5. The third-order valence-electron chi connectivity index (χ3n) is 4.51. The smallest absolute Gasteiger partial charge is 0.243 e. The van der Waals surface area contributed by atoms with Gasteiger partial charge in [0.2, 0.25) is 11.8 Å². The molecule has 0 radical (unpaired) electrons. The molecule has 0 fully saturated rings. The van der Waals surface area contributed by atoms with Crippen molar-refractivity contribution in [2.75, 3.05) is 29.1 Å². The summed E-state index contributed by atoms with van der Waals surface area (Å²) in [5.74, 6) is 0.516.